The molecule has 0 amide bonds. The molecule has 1 rings (SSSR count). The van der Waals surface area contributed by atoms with Gasteiger partial charge in [0.25, 0.3) is 0 Å². The topological polar surface area (TPSA) is 58.6 Å². The first-order valence-electron chi connectivity index (χ1n) is 5.23. The van der Waals surface area contributed by atoms with Gasteiger partial charge in [0.2, 0.25) is 0 Å². The van der Waals surface area contributed by atoms with Crippen molar-refractivity contribution in [3.05, 3.63) is 29.3 Å². The number of benzene rings is 1. The monoisotopic (exact) mass is 223 g/mol. The van der Waals surface area contributed by atoms with Crippen LogP contribution in [0.3, 0.4) is 0 Å². The molecule has 0 radical (unpaired) electrons. The molecule has 0 aromatic heterocycles. The second-order valence-corrected chi connectivity index (χ2v) is 3.64. The number of nitrogens with one attached hydrogen (secondary N) is 1. The standard InChI is InChI=1S/C12H17NO3/c1-9-4-3-5-10(2)12(9)16-7-6-13-8-11(14)15/h3-5,13H,6-8H2,1-2H3,(H,14,15). The first-order chi connectivity index (χ1) is 7.61. The summed E-state index contributed by atoms with van der Waals surface area (Å²) in [7, 11) is 0. The molecule has 4 nitrogen and oxygen atoms in total. The predicted molar refractivity (Wildman–Crippen MR) is 61.9 cm³/mol. The molecule has 88 valence electrons. The molecular weight excluding hydrogens is 206 g/mol. The maximum Gasteiger partial charge on any atom is 0.317 e. The minimum Gasteiger partial charge on any atom is -0.492 e. The fraction of sp³-hybridized carbons (Fsp3) is 0.417. The third kappa shape index (κ3) is 3.90. The second kappa shape index (κ2) is 6.12. The van der Waals surface area contributed by atoms with Crippen LogP contribution in [0.15, 0.2) is 18.2 Å². The lowest BCUT2D eigenvalue weighted by Gasteiger charge is -2.11. The summed E-state index contributed by atoms with van der Waals surface area (Å²) in [5.41, 5.74) is 2.19. The number of carboxylic acids is 1. The molecule has 0 aliphatic carbocycles. The van der Waals surface area contributed by atoms with Crippen molar-refractivity contribution >= 4 is 5.97 Å². The van der Waals surface area contributed by atoms with Crippen LogP contribution in [0.5, 0.6) is 5.75 Å². The van der Waals surface area contributed by atoms with Crippen molar-refractivity contribution in [2.45, 2.75) is 13.8 Å². The van der Waals surface area contributed by atoms with Gasteiger partial charge in [0.15, 0.2) is 0 Å². The van der Waals surface area contributed by atoms with Crippen molar-refractivity contribution in [3.8, 4) is 5.75 Å². The summed E-state index contributed by atoms with van der Waals surface area (Å²) in [6.07, 6.45) is 0. The van der Waals surface area contributed by atoms with Gasteiger partial charge in [0.05, 0.1) is 6.54 Å². The van der Waals surface area contributed by atoms with E-state index in [1.807, 2.05) is 32.0 Å². The second-order valence-electron chi connectivity index (χ2n) is 3.64. The summed E-state index contributed by atoms with van der Waals surface area (Å²) >= 11 is 0. The van der Waals surface area contributed by atoms with E-state index in [9.17, 15) is 4.79 Å². The Hall–Kier alpha value is -1.55. The molecular formula is C12H17NO3. The lowest BCUT2D eigenvalue weighted by atomic mass is 10.1. The van der Waals surface area contributed by atoms with E-state index in [0.717, 1.165) is 16.9 Å². The normalized spacial score (nSPS) is 10.1. The molecule has 0 bridgehead atoms. The number of carbonyl (C=O) groups is 1. The summed E-state index contributed by atoms with van der Waals surface area (Å²) in [5, 5.41) is 11.2. The molecule has 0 aliphatic heterocycles. The van der Waals surface area contributed by atoms with E-state index in [-0.39, 0.29) is 6.54 Å². The van der Waals surface area contributed by atoms with Crippen LogP contribution in [0.25, 0.3) is 0 Å². The number of para-hydroxylation sites is 1. The van der Waals surface area contributed by atoms with E-state index in [0.29, 0.717) is 13.2 Å². The van der Waals surface area contributed by atoms with E-state index in [2.05, 4.69) is 5.32 Å². The van der Waals surface area contributed by atoms with Crippen LogP contribution in [-0.4, -0.2) is 30.8 Å². The van der Waals surface area contributed by atoms with Crippen LogP contribution in [0.1, 0.15) is 11.1 Å². The van der Waals surface area contributed by atoms with Crippen LogP contribution in [0.4, 0.5) is 0 Å². The number of carboxylic acid groups (broad SMARTS) is 1. The van der Waals surface area contributed by atoms with Crippen LogP contribution < -0.4 is 10.1 Å². The van der Waals surface area contributed by atoms with Gasteiger partial charge in [0, 0.05) is 6.54 Å². The SMILES string of the molecule is Cc1cccc(C)c1OCCNCC(=O)O. The van der Waals surface area contributed by atoms with Crippen molar-refractivity contribution in [3.63, 3.8) is 0 Å². The first kappa shape index (κ1) is 12.5. The molecule has 16 heavy (non-hydrogen) atoms. The number of aryl methyl sites for hydroxylation is 2. The van der Waals surface area contributed by atoms with Crippen molar-refractivity contribution in [1.82, 2.24) is 5.32 Å². The lowest BCUT2D eigenvalue weighted by Crippen LogP contribution is -2.27. The molecule has 2 N–H and O–H groups in total. The molecule has 0 saturated heterocycles. The summed E-state index contributed by atoms with van der Waals surface area (Å²) < 4.78 is 5.59. The minimum absolute atomic E-state index is 0.0316. The van der Waals surface area contributed by atoms with Gasteiger partial charge in [-0.15, -0.1) is 0 Å². The van der Waals surface area contributed by atoms with Gasteiger partial charge < -0.3 is 15.2 Å². The van der Waals surface area contributed by atoms with Gasteiger partial charge in [-0.05, 0) is 25.0 Å². The molecule has 0 unspecified atom stereocenters. The number of ether oxygens (including phenoxy) is 1. The Labute approximate surface area is 95.2 Å². The van der Waals surface area contributed by atoms with Crippen molar-refractivity contribution < 1.29 is 14.6 Å². The molecule has 0 heterocycles. The highest BCUT2D eigenvalue weighted by Gasteiger charge is 2.02. The molecule has 0 saturated carbocycles. The fourth-order valence-corrected chi connectivity index (χ4v) is 1.45. The Bertz CT molecular complexity index is 343. The van der Waals surface area contributed by atoms with Gasteiger partial charge in [-0.3, -0.25) is 4.79 Å². The summed E-state index contributed by atoms with van der Waals surface area (Å²) in [6, 6.07) is 5.97. The minimum atomic E-state index is -0.855. The van der Waals surface area contributed by atoms with Crippen LogP contribution >= 0.6 is 0 Å². The number of hydrogen-bond donors (Lipinski definition) is 2. The largest absolute Gasteiger partial charge is 0.492 e. The Balaban J connectivity index is 2.34. The smallest absolute Gasteiger partial charge is 0.317 e. The zero-order valence-corrected chi connectivity index (χ0v) is 9.62. The molecule has 1 aromatic carbocycles. The Kier molecular flexibility index (Phi) is 4.79. The molecule has 1 aromatic rings. The van der Waals surface area contributed by atoms with Crippen LogP contribution in [0.2, 0.25) is 0 Å². The van der Waals surface area contributed by atoms with E-state index < -0.39 is 5.97 Å². The predicted octanol–water partition coefficient (Wildman–Crippen LogP) is 1.36. The summed E-state index contributed by atoms with van der Waals surface area (Å²) in [5.74, 6) is 0.0340. The Morgan fingerprint density at radius 1 is 1.38 bits per heavy atom. The third-order valence-electron chi connectivity index (χ3n) is 2.21. The van der Waals surface area contributed by atoms with E-state index in [4.69, 9.17) is 9.84 Å². The van der Waals surface area contributed by atoms with Gasteiger partial charge >= 0.3 is 5.97 Å². The number of hydrogen-bond acceptors (Lipinski definition) is 3. The highest BCUT2D eigenvalue weighted by Crippen LogP contribution is 2.21. The Morgan fingerprint density at radius 3 is 2.56 bits per heavy atom. The highest BCUT2D eigenvalue weighted by molar-refractivity contribution is 5.68. The maximum atomic E-state index is 10.2. The first-order valence-corrected chi connectivity index (χ1v) is 5.23. The van der Waals surface area contributed by atoms with Gasteiger partial charge in [-0.25, -0.2) is 0 Å². The van der Waals surface area contributed by atoms with E-state index >= 15 is 0 Å². The third-order valence-corrected chi connectivity index (χ3v) is 2.21. The van der Waals surface area contributed by atoms with Crippen molar-refractivity contribution in [2.24, 2.45) is 0 Å². The van der Waals surface area contributed by atoms with Crippen molar-refractivity contribution in [2.75, 3.05) is 19.7 Å². The van der Waals surface area contributed by atoms with Crippen LogP contribution in [0, 0.1) is 13.8 Å². The Morgan fingerprint density at radius 2 is 2.00 bits per heavy atom. The van der Waals surface area contributed by atoms with E-state index in [1.54, 1.807) is 0 Å². The summed E-state index contributed by atoms with van der Waals surface area (Å²) in [4.78, 5) is 10.2. The molecule has 0 fully saturated rings. The quantitative estimate of drug-likeness (QED) is 0.715. The molecule has 0 aliphatic rings. The lowest BCUT2D eigenvalue weighted by molar-refractivity contribution is -0.135. The fourth-order valence-electron chi connectivity index (χ4n) is 1.45. The van der Waals surface area contributed by atoms with Crippen LogP contribution in [-0.2, 0) is 4.79 Å². The highest BCUT2D eigenvalue weighted by atomic mass is 16.5. The summed E-state index contributed by atoms with van der Waals surface area (Å²) in [6.45, 7) is 4.95. The zero-order chi connectivity index (χ0) is 12.0. The van der Waals surface area contributed by atoms with Gasteiger partial charge in [-0.2, -0.15) is 0 Å². The number of aliphatic carboxylic acids is 1. The number of rotatable bonds is 6. The maximum absolute atomic E-state index is 10.2. The van der Waals surface area contributed by atoms with Crippen molar-refractivity contribution in [1.29, 1.82) is 0 Å². The average Bonchev–Trinajstić information content (AvgIpc) is 2.21. The zero-order valence-electron chi connectivity index (χ0n) is 9.62. The molecule has 4 heteroatoms. The molecule has 0 spiro atoms. The average molecular weight is 223 g/mol. The van der Waals surface area contributed by atoms with Gasteiger partial charge in [0.1, 0.15) is 12.4 Å². The van der Waals surface area contributed by atoms with E-state index in [1.165, 1.54) is 0 Å². The van der Waals surface area contributed by atoms with Gasteiger partial charge in [-0.1, -0.05) is 18.2 Å². The molecule has 0 atom stereocenters.